The average molecular weight is 566 g/mol. The zero-order valence-corrected chi connectivity index (χ0v) is 21.4. The minimum absolute atomic E-state index is 0.167. The maximum absolute atomic E-state index is 14.1. The third-order valence-corrected chi connectivity index (χ3v) is 6.33. The van der Waals surface area contributed by atoms with Crippen LogP contribution in [-0.2, 0) is 13.1 Å². The number of aryl methyl sites for hydroxylation is 1. The maximum Gasteiger partial charge on any atom is 0.176 e. The third kappa shape index (κ3) is 5.45. The van der Waals surface area contributed by atoms with Gasteiger partial charge in [-0.3, -0.25) is 9.36 Å². The summed E-state index contributed by atoms with van der Waals surface area (Å²) >= 11 is 15.1. The number of benzene rings is 2. The third-order valence-electron chi connectivity index (χ3n) is 5.20. The van der Waals surface area contributed by atoms with Gasteiger partial charge < -0.3 is 10.6 Å². The number of rotatable bonds is 6. The topological polar surface area (TPSA) is 59.7 Å². The van der Waals surface area contributed by atoms with Gasteiger partial charge in [0.15, 0.2) is 10.9 Å². The van der Waals surface area contributed by atoms with Crippen LogP contribution in [-0.4, -0.2) is 24.7 Å². The molecule has 0 aliphatic carbocycles. The van der Waals surface area contributed by atoms with Crippen molar-refractivity contribution in [2.24, 2.45) is 0 Å². The molecule has 176 valence electrons. The van der Waals surface area contributed by atoms with Crippen LogP contribution in [0.3, 0.4) is 0 Å². The number of anilines is 2. The molecule has 6 nitrogen and oxygen atoms in total. The van der Waals surface area contributed by atoms with Crippen LogP contribution in [0.25, 0.3) is 0 Å². The van der Waals surface area contributed by atoms with E-state index in [9.17, 15) is 8.78 Å². The lowest BCUT2D eigenvalue weighted by Crippen LogP contribution is -2.20. The summed E-state index contributed by atoms with van der Waals surface area (Å²) in [4.78, 5) is 0. The number of aromatic nitrogens is 4. The summed E-state index contributed by atoms with van der Waals surface area (Å²) in [5, 5.41) is 15.9. The van der Waals surface area contributed by atoms with Crippen LogP contribution < -0.4 is 10.6 Å². The fraction of sp³-hybridized carbons (Fsp3) is 0.174. The summed E-state index contributed by atoms with van der Waals surface area (Å²) in [6.45, 7) is 4.48. The van der Waals surface area contributed by atoms with Crippen molar-refractivity contribution in [1.82, 2.24) is 19.6 Å². The van der Waals surface area contributed by atoms with Gasteiger partial charge in [-0.2, -0.15) is 10.2 Å². The standard InChI is InChI=1S/C23H20BrClF2N6S/c1-13-21(14(2)33(30-13)10-15-6-8-16(26)9-7-15)28-23(34)29-22-18(24)12-32(31-22)11-17-19(25)4-3-5-20(17)27/h3-9,12H,10-11H2,1-2H3,(H2,28,29,31,34). The largest absolute Gasteiger partial charge is 0.329 e. The Hall–Kier alpha value is -2.82. The molecule has 11 heteroatoms. The zero-order chi connectivity index (χ0) is 24.4. The Bertz CT molecular complexity index is 1330. The molecule has 0 radical (unpaired) electrons. The molecule has 4 aromatic rings. The fourth-order valence-electron chi connectivity index (χ4n) is 3.45. The van der Waals surface area contributed by atoms with Crippen molar-refractivity contribution >= 4 is 56.4 Å². The van der Waals surface area contributed by atoms with Gasteiger partial charge in [0.1, 0.15) is 11.6 Å². The molecule has 0 saturated heterocycles. The number of nitrogens with one attached hydrogen (secondary N) is 2. The summed E-state index contributed by atoms with van der Waals surface area (Å²) < 4.78 is 31.4. The van der Waals surface area contributed by atoms with Gasteiger partial charge in [-0.05, 0) is 71.8 Å². The summed E-state index contributed by atoms with van der Waals surface area (Å²) in [6.07, 6.45) is 1.71. The molecule has 0 unspecified atom stereocenters. The van der Waals surface area contributed by atoms with Crippen molar-refractivity contribution in [3.8, 4) is 0 Å². The van der Waals surface area contributed by atoms with Crippen molar-refractivity contribution in [3.63, 3.8) is 0 Å². The van der Waals surface area contributed by atoms with Crippen molar-refractivity contribution in [1.29, 1.82) is 0 Å². The van der Waals surface area contributed by atoms with Gasteiger partial charge in [0.05, 0.1) is 34.6 Å². The van der Waals surface area contributed by atoms with E-state index >= 15 is 0 Å². The molecule has 0 aliphatic rings. The van der Waals surface area contributed by atoms with Gasteiger partial charge in [0, 0.05) is 16.8 Å². The van der Waals surface area contributed by atoms with Crippen molar-refractivity contribution in [2.45, 2.75) is 26.9 Å². The predicted octanol–water partition coefficient (Wildman–Crippen LogP) is 6.30. The predicted molar refractivity (Wildman–Crippen MR) is 137 cm³/mol. The molecular formula is C23H20BrClF2N6S. The second kappa shape index (κ2) is 10.2. The molecule has 0 amide bonds. The Balaban J connectivity index is 1.45. The number of thiocarbonyl (C=S) groups is 1. The van der Waals surface area contributed by atoms with Crippen molar-refractivity contribution in [2.75, 3.05) is 10.6 Å². The van der Waals surface area contributed by atoms with Gasteiger partial charge in [-0.1, -0.05) is 29.8 Å². The molecule has 0 saturated carbocycles. The molecule has 34 heavy (non-hydrogen) atoms. The minimum atomic E-state index is -0.394. The van der Waals surface area contributed by atoms with Crippen LogP contribution in [0.4, 0.5) is 20.3 Å². The Morgan fingerprint density at radius 3 is 2.50 bits per heavy atom. The van der Waals surface area contributed by atoms with Gasteiger partial charge in [0.25, 0.3) is 0 Å². The average Bonchev–Trinajstić information content (AvgIpc) is 3.25. The van der Waals surface area contributed by atoms with E-state index in [1.54, 1.807) is 35.1 Å². The van der Waals surface area contributed by atoms with Crippen LogP contribution >= 0.6 is 39.7 Å². The molecule has 0 bridgehead atoms. The number of halogens is 4. The highest BCUT2D eigenvalue weighted by Crippen LogP contribution is 2.25. The number of hydrogen-bond donors (Lipinski definition) is 2. The smallest absolute Gasteiger partial charge is 0.176 e. The molecule has 4 rings (SSSR count). The Morgan fingerprint density at radius 2 is 1.79 bits per heavy atom. The van der Waals surface area contributed by atoms with Crippen LogP contribution in [0.1, 0.15) is 22.5 Å². The fourth-order valence-corrected chi connectivity index (χ4v) is 4.29. The van der Waals surface area contributed by atoms with E-state index < -0.39 is 5.82 Å². The SMILES string of the molecule is Cc1nn(Cc2ccc(F)cc2)c(C)c1NC(=S)Nc1nn(Cc2c(F)cccc2Cl)cc1Br. The second-order valence-electron chi connectivity index (χ2n) is 7.63. The van der Waals surface area contributed by atoms with Crippen molar-refractivity contribution < 1.29 is 8.78 Å². The second-order valence-corrected chi connectivity index (χ2v) is 9.30. The zero-order valence-electron chi connectivity index (χ0n) is 18.2. The Morgan fingerprint density at radius 1 is 1.06 bits per heavy atom. The Labute approximate surface area is 214 Å². The molecule has 2 heterocycles. The maximum atomic E-state index is 14.1. The molecule has 0 spiro atoms. The first kappa shape index (κ1) is 24.3. The van der Waals surface area contributed by atoms with E-state index in [-0.39, 0.29) is 12.4 Å². The molecule has 0 fully saturated rings. The summed E-state index contributed by atoms with van der Waals surface area (Å²) in [7, 11) is 0. The summed E-state index contributed by atoms with van der Waals surface area (Å²) in [5.41, 5.74) is 3.70. The Kier molecular flexibility index (Phi) is 7.30. The molecule has 0 atom stereocenters. The highest BCUT2D eigenvalue weighted by Gasteiger charge is 2.16. The van der Waals surface area contributed by atoms with E-state index in [0.29, 0.717) is 32.5 Å². The van der Waals surface area contributed by atoms with E-state index in [4.69, 9.17) is 23.8 Å². The normalized spacial score (nSPS) is 11.0. The van der Waals surface area contributed by atoms with Gasteiger partial charge in [-0.25, -0.2) is 8.78 Å². The number of nitrogens with zero attached hydrogens (tertiary/aromatic N) is 4. The van der Waals surface area contributed by atoms with Gasteiger partial charge in [0.2, 0.25) is 0 Å². The molecule has 2 aromatic heterocycles. The first-order valence-electron chi connectivity index (χ1n) is 10.2. The van der Waals surface area contributed by atoms with Crippen LogP contribution in [0.2, 0.25) is 5.02 Å². The molecular weight excluding hydrogens is 546 g/mol. The van der Waals surface area contributed by atoms with E-state index in [1.807, 2.05) is 18.5 Å². The monoisotopic (exact) mass is 564 g/mol. The van der Waals surface area contributed by atoms with Crippen LogP contribution in [0.5, 0.6) is 0 Å². The van der Waals surface area contributed by atoms with E-state index in [0.717, 1.165) is 22.6 Å². The highest BCUT2D eigenvalue weighted by atomic mass is 79.9. The molecule has 2 aromatic carbocycles. The van der Waals surface area contributed by atoms with E-state index in [2.05, 4.69) is 36.8 Å². The summed E-state index contributed by atoms with van der Waals surface area (Å²) in [6, 6.07) is 10.9. The lowest BCUT2D eigenvalue weighted by molar-refractivity contribution is 0.586. The van der Waals surface area contributed by atoms with Gasteiger partial charge in [-0.15, -0.1) is 0 Å². The highest BCUT2D eigenvalue weighted by molar-refractivity contribution is 9.10. The first-order valence-corrected chi connectivity index (χ1v) is 11.8. The van der Waals surface area contributed by atoms with Crippen LogP contribution in [0, 0.1) is 25.5 Å². The van der Waals surface area contributed by atoms with Crippen molar-refractivity contribution in [3.05, 3.63) is 92.3 Å². The quantitative estimate of drug-likeness (QED) is 0.269. The molecule has 2 N–H and O–H groups in total. The number of hydrogen-bond acceptors (Lipinski definition) is 3. The molecule has 0 aliphatic heterocycles. The van der Waals surface area contributed by atoms with E-state index in [1.165, 1.54) is 18.2 Å². The van der Waals surface area contributed by atoms with Crippen LogP contribution in [0.15, 0.2) is 53.1 Å². The lowest BCUT2D eigenvalue weighted by atomic mass is 10.2. The first-order chi connectivity index (χ1) is 16.2. The minimum Gasteiger partial charge on any atom is -0.329 e. The van der Waals surface area contributed by atoms with Gasteiger partial charge >= 0.3 is 0 Å². The lowest BCUT2D eigenvalue weighted by Gasteiger charge is -2.10. The summed E-state index contributed by atoms with van der Waals surface area (Å²) in [5.74, 6) is -0.199.